The molecule has 5 nitrogen and oxygen atoms in total. The van der Waals surface area contributed by atoms with E-state index in [1.807, 2.05) is 36.6 Å². The first kappa shape index (κ1) is 15.2. The minimum absolute atomic E-state index is 0.306. The number of carbonyl (C=O) groups is 1. The Labute approximate surface area is 140 Å². The van der Waals surface area contributed by atoms with E-state index >= 15 is 0 Å². The number of hydrogen-bond acceptors (Lipinski definition) is 3. The van der Waals surface area contributed by atoms with E-state index in [0.717, 1.165) is 27.8 Å². The average molecular weight is 379 g/mol. The van der Waals surface area contributed by atoms with Crippen molar-refractivity contribution in [2.45, 2.75) is 26.9 Å². The Morgan fingerprint density at radius 1 is 1.32 bits per heavy atom. The van der Waals surface area contributed by atoms with Crippen molar-refractivity contribution in [3.63, 3.8) is 0 Å². The number of fused-ring (bicyclic) bond motifs is 1. The van der Waals surface area contributed by atoms with Crippen molar-refractivity contribution in [3.05, 3.63) is 45.4 Å². The molecule has 1 amide bonds. The van der Waals surface area contributed by atoms with Gasteiger partial charge in [-0.1, -0.05) is 27.3 Å². The third-order valence-corrected chi connectivity index (χ3v) is 4.88. The number of hydrogen-bond donors (Lipinski definition) is 0. The van der Waals surface area contributed by atoms with Gasteiger partial charge in [-0.25, -0.2) is 0 Å². The molecule has 2 heterocycles. The summed E-state index contributed by atoms with van der Waals surface area (Å²) >= 11 is 4.98. The SMILES string of the molecule is CCn1ccc(C(=O)N=c2sc3cc(Br)ccc3n2CC)n1. The molecule has 0 aliphatic carbocycles. The predicted molar refractivity (Wildman–Crippen MR) is 91.0 cm³/mol. The number of aryl methyl sites for hydroxylation is 2. The second-order valence-corrected chi connectivity index (χ2v) is 6.64. The van der Waals surface area contributed by atoms with Gasteiger partial charge >= 0.3 is 0 Å². The largest absolute Gasteiger partial charge is 0.317 e. The monoisotopic (exact) mass is 378 g/mol. The molecule has 1 aromatic carbocycles. The molecule has 0 aliphatic rings. The fourth-order valence-corrected chi connectivity index (χ4v) is 3.88. The summed E-state index contributed by atoms with van der Waals surface area (Å²) in [6.45, 7) is 5.52. The second-order valence-electron chi connectivity index (χ2n) is 4.71. The minimum atomic E-state index is -0.306. The maximum atomic E-state index is 12.3. The third-order valence-electron chi connectivity index (χ3n) is 3.34. The van der Waals surface area contributed by atoms with E-state index in [-0.39, 0.29) is 5.91 Å². The maximum absolute atomic E-state index is 12.3. The Kier molecular flexibility index (Phi) is 4.26. The lowest BCUT2D eigenvalue weighted by Crippen LogP contribution is -2.16. The normalized spacial score (nSPS) is 12.2. The smallest absolute Gasteiger partial charge is 0.300 e. The lowest BCUT2D eigenvalue weighted by Gasteiger charge is -1.99. The molecule has 3 rings (SSSR count). The highest BCUT2D eigenvalue weighted by Crippen LogP contribution is 2.22. The Morgan fingerprint density at radius 2 is 2.14 bits per heavy atom. The average Bonchev–Trinajstić information content (AvgIpc) is 3.10. The first-order valence-corrected chi connectivity index (χ1v) is 8.64. The number of benzene rings is 1. The number of carbonyl (C=O) groups excluding carboxylic acids is 1. The quantitative estimate of drug-likeness (QED) is 0.700. The van der Waals surface area contributed by atoms with Crippen LogP contribution < -0.4 is 4.80 Å². The van der Waals surface area contributed by atoms with E-state index in [1.165, 1.54) is 11.3 Å². The van der Waals surface area contributed by atoms with Crippen molar-refractivity contribution in [2.24, 2.45) is 4.99 Å². The molecule has 22 heavy (non-hydrogen) atoms. The molecule has 114 valence electrons. The first-order valence-electron chi connectivity index (χ1n) is 7.03. The van der Waals surface area contributed by atoms with E-state index in [4.69, 9.17) is 0 Å². The van der Waals surface area contributed by atoms with Gasteiger partial charge in [0.05, 0.1) is 10.2 Å². The van der Waals surface area contributed by atoms with Gasteiger partial charge in [-0.15, -0.1) is 0 Å². The lowest BCUT2D eigenvalue weighted by molar-refractivity contribution is 0.0992. The van der Waals surface area contributed by atoms with Crippen LogP contribution in [0.2, 0.25) is 0 Å². The predicted octanol–water partition coefficient (Wildman–Crippen LogP) is 3.44. The molecule has 0 bridgehead atoms. The van der Waals surface area contributed by atoms with E-state index in [0.29, 0.717) is 10.5 Å². The lowest BCUT2D eigenvalue weighted by atomic mass is 10.3. The third kappa shape index (κ3) is 2.78. The van der Waals surface area contributed by atoms with Crippen LogP contribution in [0.25, 0.3) is 10.2 Å². The van der Waals surface area contributed by atoms with Gasteiger partial charge in [-0.2, -0.15) is 10.1 Å². The van der Waals surface area contributed by atoms with Crippen LogP contribution in [-0.4, -0.2) is 20.3 Å². The summed E-state index contributed by atoms with van der Waals surface area (Å²) in [4.78, 5) is 17.3. The molecule has 0 spiro atoms. The number of thiazole rings is 1. The molecule has 0 radical (unpaired) electrons. The molecule has 0 N–H and O–H groups in total. The molecule has 0 unspecified atom stereocenters. The van der Waals surface area contributed by atoms with Crippen molar-refractivity contribution in [1.29, 1.82) is 0 Å². The van der Waals surface area contributed by atoms with E-state index < -0.39 is 0 Å². The van der Waals surface area contributed by atoms with Crippen LogP contribution in [-0.2, 0) is 13.1 Å². The van der Waals surface area contributed by atoms with Gasteiger partial charge in [-0.3, -0.25) is 9.48 Å². The van der Waals surface area contributed by atoms with Crippen LogP contribution in [0.1, 0.15) is 24.3 Å². The number of nitrogens with zero attached hydrogens (tertiary/aromatic N) is 4. The van der Waals surface area contributed by atoms with E-state index in [9.17, 15) is 4.79 Å². The standard InChI is InChI=1S/C15H15BrN4OS/c1-3-19-8-7-11(18-19)14(21)17-15-20(4-2)12-6-5-10(16)9-13(12)22-15/h5-9H,3-4H2,1-2H3. The fourth-order valence-electron chi connectivity index (χ4n) is 2.23. The Hall–Kier alpha value is -1.73. The summed E-state index contributed by atoms with van der Waals surface area (Å²) in [7, 11) is 0. The summed E-state index contributed by atoms with van der Waals surface area (Å²) in [6, 6.07) is 7.78. The molecule has 0 atom stereocenters. The first-order chi connectivity index (χ1) is 10.6. The van der Waals surface area contributed by atoms with Gasteiger partial charge in [0.1, 0.15) is 0 Å². The minimum Gasteiger partial charge on any atom is -0.317 e. The van der Waals surface area contributed by atoms with Crippen LogP contribution in [0.15, 0.2) is 39.9 Å². The van der Waals surface area contributed by atoms with Crippen LogP contribution in [0.3, 0.4) is 0 Å². The summed E-state index contributed by atoms with van der Waals surface area (Å²) in [6.07, 6.45) is 1.79. The van der Waals surface area contributed by atoms with Gasteiger partial charge in [0.2, 0.25) is 0 Å². The molecule has 0 saturated heterocycles. The molecule has 2 aromatic heterocycles. The van der Waals surface area contributed by atoms with Gasteiger partial charge in [0.15, 0.2) is 10.5 Å². The Balaban J connectivity index is 2.09. The highest BCUT2D eigenvalue weighted by Gasteiger charge is 2.10. The molecule has 0 fully saturated rings. The van der Waals surface area contributed by atoms with Gasteiger partial charge in [0, 0.05) is 23.8 Å². The second kappa shape index (κ2) is 6.18. The molecule has 0 saturated carbocycles. The van der Waals surface area contributed by atoms with Gasteiger partial charge < -0.3 is 4.57 Å². The Bertz CT molecular complexity index is 906. The summed E-state index contributed by atoms with van der Waals surface area (Å²) < 4.78 is 5.88. The number of aromatic nitrogens is 3. The van der Waals surface area contributed by atoms with Crippen molar-refractivity contribution in [2.75, 3.05) is 0 Å². The molecular weight excluding hydrogens is 364 g/mol. The topological polar surface area (TPSA) is 52.2 Å². The highest BCUT2D eigenvalue weighted by molar-refractivity contribution is 9.10. The summed E-state index contributed by atoms with van der Waals surface area (Å²) in [5.41, 5.74) is 1.46. The van der Waals surface area contributed by atoms with E-state index in [1.54, 1.807) is 16.9 Å². The molecular formula is C15H15BrN4OS. The van der Waals surface area contributed by atoms with Crippen LogP contribution in [0.5, 0.6) is 0 Å². The van der Waals surface area contributed by atoms with E-state index in [2.05, 4.69) is 26.0 Å². The van der Waals surface area contributed by atoms with Crippen LogP contribution in [0, 0.1) is 0 Å². The van der Waals surface area contributed by atoms with Gasteiger partial charge in [-0.05, 0) is 38.1 Å². The van der Waals surface area contributed by atoms with Crippen LogP contribution >= 0.6 is 27.3 Å². The number of amides is 1. The van der Waals surface area contributed by atoms with Crippen molar-refractivity contribution < 1.29 is 4.79 Å². The zero-order valence-electron chi connectivity index (χ0n) is 12.3. The van der Waals surface area contributed by atoms with Crippen LogP contribution in [0.4, 0.5) is 0 Å². The highest BCUT2D eigenvalue weighted by atomic mass is 79.9. The summed E-state index contributed by atoms with van der Waals surface area (Å²) in [5.74, 6) is -0.306. The van der Waals surface area contributed by atoms with Crippen molar-refractivity contribution >= 4 is 43.4 Å². The molecule has 0 aliphatic heterocycles. The maximum Gasteiger partial charge on any atom is 0.300 e. The zero-order chi connectivity index (χ0) is 15.7. The summed E-state index contributed by atoms with van der Waals surface area (Å²) in [5, 5.41) is 4.21. The van der Waals surface area contributed by atoms with Crippen molar-refractivity contribution in [1.82, 2.24) is 14.3 Å². The molecule has 7 heteroatoms. The fraction of sp³-hybridized carbons (Fsp3) is 0.267. The van der Waals surface area contributed by atoms with Crippen molar-refractivity contribution in [3.8, 4) is 0 Å². The zero-order valence-corrected chi connectivity index (χ0v) is 14.7. The van der Waals surface area contributed by atoms with Gasteiger partial charge in [0.25, 0.3) is 5.91 Å². The number of rotatable bonds is 3. The number of halogens is 1. The Morgan fingerprint density at radius 3 is 2.82 bits per heavy atom. The molecule has 3 aromatic rings.